The monoisotopic (exact) mass is 292 g/mol. The number of ether oxygens (including phenoxy) is 1. The summed E-state index contributed by atoms with van der Waals surface area (Å²) < 4.78 is 5.60. The minimum Gasteiger partial charge on any atom is -0.494 e. The van der Waals surface area contributed by atoms with Crippen molar-refractivity contribution in [2.75, 3.05) is 6.61 Å². The zero-order chi connectivity index (χ0) is 15.9. The normalized spacial score (nSPS) is 11.2. The second-order valence-corrected chi connectivity index (χ2v) is 5.68. The van der Waals surface area contributed by atoms with E-state index < -0.39 is 5.97 Å². The van der Waals surface area contributed by atoms with Gasteiger partial charge in [0.2, 0.25) is 0 Å². The molecule has 1 aromatic rings. The molecule has 0 amide bonds. The molecule has 0 aliphatic carbocycles. The van der Waals surface area contributed by atoms with E-state index in [1.165, 1.54) is 12.1 Å². The number of carbonyl (C=O) groups is 2. The summed E-state index contributed by atoms with van der Waals surface area (Å²) in [7, 11) is 0. The Morgan fingerprint density at radius 1 is 1.29 bits per heavy atom. The van der Waals surface area contributed by atoms with Gasteiger partial charge >= 0.3 is 5.97 Å². The summed E-state index contributed by atoms with van der Waals surface area (Å²) in [5.41, 5.74) is 0.721. The predicted molar refractivity (Wildman–Crippen MR) is 82.2 cm³/mol. The lowest BCUT2D eigenvalue weighted by Crippen LogP contribution is -2.15. The van der Waals surface area contributed by atoms with Crippen LogP contribution >= 0.6 is 0 Å². The minimum absolute atomic E-state index is 0.0709. The number of rotatable bonds is 9. The molecule has 0 atom stereocenters. The average molecular weight is 292 g/mol. The maximum Gasteiger partial charge on any atom is 0.335 e. The van der Waals surface area contributed by atoms with Gasteiger partial charge in [-0.25, -0.2) is 4.79 Å². The number of aldehydes is 1. The molecule has 0 spiro atoms. The van der Waals surface area contributed by atoms with Gasteiger partial charge in [-0.05, 0) is 36.5 Å². The van der Waals surface area contributed by atoms with E-state index in [1.807, 2.05) is 0 Å². The molecule has 0 aliphatic rings. The molecule has 0 aromatic heterocycles. The molecular formula is C17H24O4. The number of benzene rings is 1. The van der Waals surface area contributed by atoms with Crippen LogP contribution in [0.1, 0.15) is 67.2 Å². The Labute approximate surface area is 126 Å². The van der Waals surface area contributed by atoms with Crippen molar-refractivity contribution in [1.82, 2.24) is 0 Å². The van der Waals surface area contributed by atoms with Crippen LogP contribution in [0.15, 0.2) is 18.2 Å². The molecule has 4 heteroatoms. The second-order valence-electron chi connectivity index (χ2n) is 5.68. The van der Waals surface area contributed by atoms with Gasteiger partial charge in [-0.2, -0.15) is 0 Å². The van der Waals surface area contributed by atoms with E-state index in [-0.39, 0.29) is 5.56 Å². The van der Waals surface area contributed by atoms with Crippen molar-refractivity contribution < 1.29 is 19.4 Å². The molecule has 0 fully saturated rings. The SMILES string of the molecule is CCC(C)(CC)CCCOc1cc(C=O)cc(C(=O)O)c1. The Kier molecular flexibility index (Phi) is 6.40. The summed E-state index contributed by atoms with van der Waals surface area (Å²) in [6.07, 6.45) is 4.87. The quantitative estimate of drug-likeness (QED) is 0.547. The van der Waals surface area contributed by atoms with Gasteiger partial charge in [-0.3, -0.25) is 4.79 Å². The number of hydrogen-bond acceptors (Lipinski definition) is 3. The van der Waals surface area contributed by atoms with Crippen molar-refractivity contribution in [3.63, 3.8) is 0 Å². The molecule has 0 bridgehead atoms. The third-order valence-electron chi connectivity index (χ3n) is 4.21. The fourth-order valence-corrected chi connectivity index (χ4v) is 2.19. The summed E-state index contributed by atoms with van der Waals surface area (Å²) in [6, 6.07) is 4.36. The largest absolute Gasteiger partial charge is 0.494 e. The molecule has 21 heavy (non-hydrogen) atoms. The fourth-order valence-electron chi connectivity index (χ4n) is 2.19. The molecule has 1 rings (SSSR count). The van der Waals surface area contributed by atoms with Crippen LogP contribution in [0, 0.1) is 5.41 Å². The highest BCUT2D eigenvalue weighted by Gasteiger charge is 2.18. The van der Waals surface area contributed by atoms with Gasteiger partial charge in [0.1, 0.15) is 12.0 Å². The maximum atomic E-state index is 11.0. The Bertz CT molecular complexity index is 490. The molecule has 0 radical (unpaired) electrons. The van der Waals surface area contributed by atoms with Gasteiger partial charge in [0.05, 0.1) is 12.2 Å². The van der Waals surface area contributed by atoms with E-state index in [4.69, 9.17) is 9.84 Å². The number of carboxylic acid groups (broad SMARTS) is 1. The van der Waals surface area contributed by atoms with Crippen LogP contribution < -0.4 is 4.74 Å². The summed E-state index contributed by atoms with van der Waals surface area (Å²) >= 11 is 0. The molecule has 0 saturated heterocycles. The second kappa shape index (κ2) is 7.81. The maximum absolute atomic E-state index is 11.0. The van der Waals surface area contributed by atoms with Crippen LogP contribution in [-0.4, -0.2) is 24.0 Å². The van der Waals surface area contributed by atoms with E-state index in [0.29, 0.717) is 29.6 Å². The molecule has 1 aromatic carbocycles. The summed E-state index contributed by atoms with van der Waals surface area (Å²) in [4.78, 5) is 21.8. The molecule has 0 unspecified atom stereocenters. The standard InChI is InChI=1S/C17H24O4/c1-4-17(3,5-2)7-6-8-21-15-10-13(12-18)9-14(11-15)16(19)20/h9-12H,4-8H2,1-3H3,(H,19,20). The lowest BCUT2D eigenvalue weighted by atomic mass is 9.80. The van der Waals surface area contributed by atoms with Gasteiger partial charge in [0, 0.05) is 5.56 Å². The summed E-state index contributed by atoms with van der Waals surface area (Å²) in [6.45, 7) is 7.17. The highest BCUT2D eigenvalue weighted by Crippen LogP contribution is 2.31. The molecule has 116 valence electrons. The predicted octanol–water partition coefficient (Wildman–Crippen LogP) is 4.18. The number of carbonyl (C=O) groups excluding carboxylic acids is 1. The van der Waals surface area contributed by atoms with E-state index >= 15 is 0 Å². The zero-order valence-corrected chi connectivity index (χ0v) is 13.0. The Morgan fingerprint density at radius 3 is 2.48 bits per heavy atom. The minimum atomic E-state index is -1.06. The van der Waals surface area contributed by atoms with E-state index in [2.05, 4.69) is 20.8 Å². The average Bonchev–Trinajstić information content (AvgIpc) is 2.50. The zero-order valence-electron chi connectivity index (χ0n) is 13.0. The molecule has 0 saturated carbocycles. The third kappa shape index (κ3) is 5.21. The van der Waals surface area contributed by atoms with Crippen LogP contribution in [0.2, 0.25) is 0 Å². The third-order valence-corrected chi connectivity index (χ3v) is 4.21. The molecular weight excluding hydrogens is 268 g/mol. The fraction of sp³-hybridized carbons (Fsp3) is 0.529. The number of aromatic carboxylic acids is 1. The first kappa shape index (κ1) is 17.2. The van der Waals surface area contributed by atoms with Crippen molar-refractivity contribution in [2.24, 2.45) is 5.41 Å². The van der Waals surface area contributed by atoms with Crippen molar-refractivity contribution >= 4 is 12.3 Å². The van der Waals surface area contributed by atoms with Crippen LogP contribution in [0.25, 0.3) is 0 Å². The van der Waals surface area contributed by atoms with Crippen molar-refractivity contribution in [1.29, 1.82) is 0 Å². The Hall–Kier alpha value is -1.84. The first-order chi connectivity index (χ1) is 9.94. The smallest absolute Gasteiger partial charge is 0.335 e. The number of carboxylic acids is 1. The molecule has 0 aliphatic heterocycles. The van der Waals surface area contributed by atoms with Gasteiger partial charge < -0.3 is 9.84 Å². The van der Waals surface area contributed by atoms with Crippen LogP contribution in [0.3, 0.4) is 0 Å². The lowest BCUT2D eigenvalue weighted by Gasteiger charge is -2.26. The van der Waals surface area contributed by atoms with Gasteiger partial charge in [-0.1, -0.05) is 33.6 Å². The van der Waals surface area contributed by atoms with Gasteiger partial charge in [0.25, 0.3) is 0 Å². The van der Waals surface area contributed by atoms with Crippen molar-refractivity contribution in [3.05, 3.63) is 29.3 Å². The number of hydrogen-bond donors (Lipinski definition) is 1. The highest BCUT2D eigenvalue weighted by atomic mass is 16.5. The lowest BCUT2D eigenvalue weighted by molar-refractivity contribution is 0.0696. The van der Waals surface area contributed by atoms with Gasteiger partial charge in [-0.15, -0.1) is 0 Å². The van der Waals surface area contributed by atoms with E-state index in [0.717, 1.165) is 25.7 Å². The van der Waals surface area contributed by atoms with Crippen LogP contribution in [0.4, 0.5) is 0 Å². The topological polar surface area (TPSA) is 63.6 Å². The summed E-state index contributed by atoms with van der Waals surface area (Å²) in [5.74, 6) is -0.625. The Balaban J connectivity index is 2.61. The van der Waals surface area contributed by atoms with Gasteiger partial charge in [0.15, 0.2) is 0 Å². The first-order valence-corrected chi connectivity index (χ1v) is 7.40. The molecule has 0 heterocycles. The first-order valence-electron chi connectivity index (χ1n) is 7.40. The Morgan fingerprint density at radius 2 is 1.95 bits per heavy atom. The van der Waals surface area contributed by atoms with E-state index in [1.54, 1.807) is 6.07 Å². The molecule has 1 N–H and O–H groups in total. The summed E-state index contributed by atoms with van der Waals surface area (Å²) in [5, 5.41) is 9.00. The van der Waals surface area contributed by atoms with Crippen molar-refractivity contribution in [2.45, 2.75) is 46.5 Å². The van der Waals surface area contributed by atoms with Crippen molar-refractivity contribution in [3.8, 4) is 5.75 Å². The molecule has 4 nitrogen and oxygen atoms in total. The van der Waals surface area contributed by atoms with Crippen LogP contribution in [0.5, 0.6) is 5.75 Å². The highest BCUT2D eigenvalue weighted by molar-refractivity contribution is 5.90. The van der Waals surface area contributed by atoms with Crippen LogP contribution in [-0.2, 0) is 0 Å². The van der Waals surface area contributed by atoms with E-state index in [9.17, 15) is 9.59 Å².